The maximum Gasteiger partial charge on any atom is 0.170 e. The molecule has 2 N–H and O–H groups in total. The van der Waals surface area contributed by atoms with E-state index >= 15 is 0 Å². The first kappa shape index (κ1) is 15.3. The molecule has 2 aliphatic heterocycles. The first-order valence-corrected chi connectivity index (χ1v) is 9.20. The molecule has 2 bridgehead atoms. The summed E-state index contributed by atoms with van der Waals surface area (Å²) >= 11 is 5.45. The van der Waals surface area contributed by atoms with Gasteiger partial charge in [-0.25, -0.2) is 4.39 Å². The molecule has 2 atom stereocenters. The summed E-state index contributed by atoms with van der Waals surface area (Å²) in [7, 11) is 0. The van der Waals surface area contributed by atoms with E-state index in [0.29, 0.717) is 11.2 Å². The predicted octanol–water partition coefficient (Wildman–Crippen LogP) is 3.66. The fraction of sp³-hybridized carbons (Fsp3) is 0.611. The van der Waals surface area contributed by atoms with E-state index in [4.69, 9.17) is 12.2 Å². The number of piperidine rings is 2. The lowest BCUT2D eigenvalue weighted by atomic mass is 9.81. The van der Waals surface area contributed by atoms with Gasteiger partial charge in [-0.1, -0.05) is 6.42 Å². The number of rotatable bonds is 3. The van der Waals surface area contributed by atoms with Gasteiger partial charge in [0.15, 0.2) is 5.11 Å². The molecule has 0 radical (unpaired) electrons. The average molecular weight is 333 g/mol. The molecule has 0 aromatic heterocycles. The standard InChI is InChI=1S/C18H24FN3S/c19-12-4-6-13(7-5-12)20-18(23)21-14-10-16-2-1-3-17(11-14)22(16)15-8-9-15/h4-7,14-17H,1-3,8-11H2,(H2,20,21,23)/t16-,17-/m1/s1. The lowest BCUT2D eigenvalue weighted by molar-refractivity contribution is 0.0209. The zero-order valence-corrected chi connectivity index (χ0v) is 14.1. The van der Waals surface area contributed by atoms with E-state index in [1.807, 2.05) is 0 Å². The molecule has 3 fully saturated rings. The molecule has 0 amide bonds. The summed E-state index contributed by atoms with van der Waals surface area (Å²) in [6, 6.07) is 9.13. The van der Waals surface area contributed by atoms with Gasteiger partial charge in [0, 0.05) is 29.9 Å². The molecule has 4 rings (SSSR count). The van der Waals surface area contributed by atoms with E-state index in [9.17, 15) is 4.39 Å². The lowest BCUT2D eigenvalue weighted by Crippen LogP contribution is -2.57. The second-order valence-electron chi connectivity index (χ2n) is 7.19. The summed E-state index contributed by atoms with van der Waals surface area (Å²) < 4.78 is 13.0. The van der Waals surface area contributed by atoms with Crippen molar-refractivity contribution in [3.05, 3.63) is 30.1 Å². The monoisotopic (exact) mass is 333 g/mol. The van der Waals surface area contributed by atoms with Gasteiger partial charge in [0.05, 0.1) is 0 Å². The van der Waals surface area contributed by atoms with Crippen molar-refractivity contribution in [2.45, 2.75) is 69.1 Å². The third-order valence-corrected chi connectivity index (χ3v) is 5.66. The summed E-state index contributed by atoms with van der Waals surface area (Å²) in [5.74, 6) is -0.227. The quantitative estimate of drug-likeness (QED) is 0.826. The van der Waals surface area contributed by atoms with E-state index in [1.54, 1.807) is 12.1 Å². The normalized spacial score (nSPS) is 30.7. The van der Waals surface area contributed by atoms with Crippen LogP contribution < -0.4 is 10.6 Å². The molecule has 1 aromatic carbocycles. The number of benzene rings is 1. The minimum atomic E-state index is -0.227. The molecule has 5 heteroatoms. The molecular weight excluding hydrogens is 309 g/mol. The van der Waals surface area contributed by atoms with Gasteiger partial charge < -0.3 is 10.6 Å². The van der Waals surface area contributed by atoms with E-state index in [-0.39, 0.29) is 5.82 Å². The Bertz CT molecular complexity index is 558. The van der Waals surface area contributed by atoms with Crippen LogP contribution in [0.1, 0.15) is 44.9 Å². The third-order valence-electron chi connectivity index (χ3n) is 5.44. The van der Waals surface area contributed by atoms with Crippen molar-refractivity contribution in [2.24, 2.45) is 0 Å². The Morgan fingerprint density at radius 3 is 2.26 bits per heavy atom. The molecule has 2 saturated heterocycles. The van der Waals surface area contributed by atoms with Crippen LogP contribution >= 0.6 is 12.2 Å². The first-order valence-electron chi connectivity index (χ1n) is 8.79. The number of nitrogens with zero attached hydrogens (tertiary/aromatic N) is 1. The average Bonchev–Trinajstić information content (AvgIpc) is 3.33. The number of halogens is 1. The van der Waals surface area contributed by atoms with Crippen molar-refractivity contribution < 1.29 is 4.39 Å². The number of hydrogen-bond donors (Lipinski definition) is 2. The molecule has 0 unspecified atom stereocenters. The van der Waals surface area contributed by atoms with E-state index < -0.39 is 0 Å². The number of anilines is 1. The minimum Gasteiger partial charge on any atom is -0.360 e. The molecule has 1 saturated carbocycles. The Morgan fingerprint density at radius 1 is 1.00 bits per heavy atom. The molecule has 124 valence electrons. The highest BCUT2D eigenvalue weighted by Crippen LogP contribution is 2.41. The summed E-state index contributed by atoms with van der Waals surface area (Å²) in [5, 5.41) is 7.31. The van der Waals surface area contributed by atoms with Crippen LogP contribution in [-0.4, -0.2) is 34.2 Å². The van der Waals surface area contributed by atoms with Crippen molar-refractivity contribution in [1.29, 1.82) is 0 Å². The third kappa shape index (κ3) is 3.50. The van der Waals surface area contributed by atoms with E-state index in [0.717, 1.165) is 23.8 Å². The number of thiocarbonyl (C=S) groups is 1. The molecule has 3 aliphatic rings. The van der Waals surface area contributed by atoms with Gasteiger partial charge >= 0.3 is 0 Å². The number of fused-ring (bicyclic) bond motifs is 2. The van der Waals surface area contributed by atoms with E-state index in [1.165, 1.54) is 57.1 Å². The summed E-state index contributed by atoms with van der Waals surface area (Å²) in [5.41, 5.74) is 0.833. The Kier molecular flexibility index (Phi) is 4.24. The second-order valence-corrected chi connectivity index (χ2v) is 7.60. The number of hydrogen-bond acceptors (Lipinski definition) is 2. The predicted molar refractivity (Wildman–Crippen MR) is 95.1 cm³/mol. The SMILES string of the molecule is Fc1ccc(NC(=S)NC2C[C@H]3CCC[C@H](C2)N3C2CC2)cc1. The fourth-order valence-corrected chi connectivity index (χ4v) is 4.67. The van der Waals surface area contributed by atoms with Crippen molar-refractivity contribution in [3.8, 4) is 0 Å². The van der Waals surface area contributed by atoms with Crippen LogP contribution in [-0.2, 0) is 0 Å². The van der Waals surface area contributed by atoms with Crippen molar-refractivity contribution in [2.75, 3.05) is 5.32 Å². The van der Waals surface area contributed by atoms with Gasteiger partial charge in [0.1, 0.15) is 5.82 Å². The Hall–Kier alpha value is -1.20. The minimum absolute atomic E-state index is 0.227. The van der Waals surface area contributed by atoms with E-state index in [2.05, 4.69) is 15.5 Å². The Balaban J connectivity index is 1.34. The second kappa shape index (κ2) is 6.36. The highest BCUT2D eigenvalue weighted by Gasteiger charge is 2.44. The van der Waals surface area contributed by atoms with Crippen LogP contribution in [0.3, 0.4) is 0 Å². The fourth-order valence-electron chi connectivity index (χ4n) is 4.39. The maximum atomic E-state index is 13.0. The van der Waals surface area contributed by atoms with Gasteiger partial charge in [-0.3, -0.25) is 4.90 Å². The van der Waals surface area contributed by atoms with Gasteiger partial charge in [0.2, 0.25) is 0 Å². The largest absolute Gasteiger partial charge is 0.360 e. The van der Waals surface area contributed by atoms with Crippen LogP contribution in [0.5, 0.6) is 0 Å². The van der Waals surface area contributed by atoms with Gasteiger partial charge in [-0.05, 0) is 75.0 Å². The first-order chi connectivity index (χ1) is 11.2. The van der Waals surface area contributed by atoms with Gasteiger partial charge in [-0.2, -0.15) is 0 Å². The topological polar surface area (TPSA) is 27.3 Å². The zero-order valence-electron chi connectivity index (χ0n) is 13.3. The highest BCUT2D eigenvalue weighted by molar-refractivity contribution is 7.80. The summed E-state index contributed by atoms with van der Waals surface area (Å²) in [6.45, 7) is 0. The summed E-state index contributed by atoms with van der Waals surface area (Å²) in [4.78, 5) is 2.82. The van der Waals surface area contributed by atoms with Crippen LogP contribution in [0.15, 0.2) is 24.3 Å². The Labute approximate surface area is 142 Å². The van der Waals surface area contributed by atoms with Gasteiger partial charge in [0.25, 0.3) is 0 Å². The molecule has 2 heterocycles. The molecule has 3 nitrogen and oxygen atoms in total. The van der Waals surface area contributed by atoms with Crippen LogP contribution in [0.4, 0.5) is 10.1 Å². The van der Waals surface area contributed by atoms with Gasteiger partial charge in [-0.15, -0.1) is 0 Å². The lowest BCUT2D eigenvalue weighted by Gasteiger charge is -2.49. The van der Waals surface area contributed by atoms with Crippen molar-refractivity contribution >= 4 is 23.0 Å². The van der Waals surface area contributed by atoms with Crippen LogP contribution in [0, 0.1) is 5.82 Å². The van der Waals surface area contributed by atoms with Crippen molar-refractivity contribution in [1.82, 2.24) is 10.2 Å². The molecule has 0 spiro atoms. The molecular formula is C18H24FN3S. The van der Waals surface area contributed by atoms with Crippen molar-refractivity contribution in [3.63, 3.8) is 0 Å². The Morgan fingerprint density at radius 2 is 1.65 bits per heavy atom. The number of nitrogens with one attached hydrogen (secondary N) is 2. The highest BCUT2D eigenvalue weighted by atomic mass is 32.1. The van der Waals surface area contributed by atoms with Crippen LogP contribution in [0.25, 0.3) is 0 Å². The smallest absolute Gasteiger partial charge is 0.170 e. The molecule has 1 aromatic rings. The molecule has 1 aliphatic carbocycles. The zero-order chi connectivity index (χ0) is 15.8. The van der Waals surface area contributed by atoms with Crippen LogP contribution in [0.2, 0.25) is 0 Å². The summed E-state index contributed by atoms with van der Waals surface area (Å²) in [6.07, 6.45) is 9.23. The molecule has 23 heavy (non-hydrogen) atoms. The maximum absolute atomic E-state index is 13.0.